The van der Waals surface area contributed by atoms with E-state index in [1.807, 2.05) is 13.8 Å². The lowest BCUT2D eigenvalue weighted by Gasteiger charge is -2.27. The predicted molar refractivity (Wildman–Crippen MR) is 69.5 cm³/mol. The second-order valence-corrected chi connectivity index (χ2v) is 5.57. The fourth-order valence-electron chi connectivity index (χ4n) is 2.70. The number of likely N-dealkylation sites (tertiary alicyclic amines) is 1. The predicted octanol–water partition coefficient (Wildman–Crippen LogP) is 2.30. The van der Waals surface area contributed by atoms with Crippen molar-refractivity contribution in [1.29, 1.82) is 0 Å². The van der Waals surface area contributed by atoms with Gasteiger partial charge >= 0.3 is 0 Å². The van der Waals surface area contributed by atoms with Crippen molar-refractivity contribution in [2.24, 2.45) is 5.92 Å². The van der Waals surface area contributed by atoms with Gasteiger partial charge in [-0.25, -0.2) is 4.90 Å². The van der Waals surface area contributed by atoms with Crippen molar-refractivity contribution in [2.45, 2.75) is 38.9 Å². The highest BCUT2D eigenvalue weighted by molar-refractivity contribution is 7.81. The Balaban J connectivity index is 2.41. The minimum atomic E-state index is -0.477. The summed E-state index contributed by atoms with van der Waals surface area (Å²) in [7, 11) is 0. The molecular weight excluding hydrogens is 234 g/mol. The van der Waals surface area contributed by atoms with Crippen LogP contribution in [0.1, 0.15) is 33.6 Å². The molecule has 0 aromatic heterocycles. The highest BCUT2D eigenvalue weighted by Gasteiger charge is 2.40. The molecule has 0 radical (unpaired) electrons. The monoisotopic (exact) mass is 251 g/mol. The highest BCUT2D eigenvalue weighted by Crippen LogP contribution is 2.34. The number of nitrogens with zero attached hydrogens (tertiary/aromatic N) is 1. The van der Waals surface area contributed by atoms with Crippen molar-refractivity contribution < 1.29 is 9.59 Å². The standard InChI is InChI=1S/C13H17NO2S/c1-7-4-8(2)12(9(3)5-7)14-11(15)6-10(17)13(14)16/h4,7,10,17H,5-6H2,1-3H3. The number of carbonyl (C=O) groups is 2. The van der Waals surface area contributed by atoms with Crippen molar-refractivity contribution in [3.63, 3.8) is 0 Å². The number of thiol groups is 1. The van der Waals surface area contributed by atoms with Gasteiger partial charge in [0.05, 0.1) is 10.9 Å². The van der Waals surface area contributed by atoms with Gasteiger partial charge in [-0.2, -0.15) is 12.6 Å². The normalized spacial score (nSPS) is 30.1. The quantitative estimate of drug-likeness (QED) is 0.573. The molecule has 2 unspecified atom stereocenters. The molecular formula is C13H17NO2S. The Hall–Kier alpha value is -1.03. The van der Waals surface area contributed by atoms with Crippen LogP contribution in [0.4, 0.5) is 0 Å². The maximum atomic E-state index is 12.0. The molecule has 0 bridgehead atoms. The Morgan fingerprint density at radius 2 is 1.94 bits per heavy atom. The SMILES string of the molecule is CC1=CC(C)CC(C)=C1N1C(=O)CC(S)C1=O. The molecule has 0 spiro atoms. The van der Waals surface area contributed by atoms with Gasteiger partial charge in [-0.15, -0.1) is 0 Å². The molecule has 0 aromatic rings. The van der Waals surface area contributed by atoms with E-state index in [9.17, 15) is 9.59 Å². The van der Waals surface area contributed by atoms with Gasteiger partial charge in [-0.1, -0.05) is 13.0 Å². The molecule has 0 saturated carbocycles. The minimum Gasteiger partial charge on any atom is -0.274 e. The van der Waals surface area contributed by atoms with Crippen LogP contribution in [0.15, 0.2) is 22.9 Å². The van der Waals surface area contributed by atoms with Crippen LogP contribution in [0.5, 0.6) is 0 Å². The summed E-state index contributed by atoms with van der Waals surface area (Å²) in [6.07, 6.45) is 3.23. The van der Waals surface area contributed by atoms with Gasteiger partial charge in [0.15, 0.2) is 0 Å². The molecule has 1 aliphatic carbocycles. The topological polar surface area (TPSA) is 37.4 Å². The molecule has 1 aliphatic heterocycles. The van der Waals surface area contributed by atoms with Crippen LogP contribution in [-0.4, -0.2) is 22.0 Å². The smallest absolute Gasteiger partial charge is 0.247 e. The van der Waals surface area contributed by atoms with Gasteiger partial charge in [0.2, 0.25) is 11.8 Å². The number of allylic oxidation sites excluding steroid dienone is 3. The van der Waals surface area contributed by atoms with E-state index in [1.165, 1.54) is 4.90 Å². The summed E-state index contributed by atoms with van der Waals surface area (Å²) in [5.41, 5.74) is 2.93. The number of amides is 2. The summed E-state index contributed by atoms with van der Waals surface area (Å²) in [6.45, 7) is 6.09. The fourth-order valence-corrected chi connectivity index (χ4v) is 2.97. The second kappa shape index (κ2) is 4.33. The molecule has 1 heterocycles. The van der Waals surface area contributed by atoms with E-state index in [1.54, 1.807) is 0 Å². The highest BCUT2D eigenvalue weighted by atomic mass is 32.1. The molecule has 4 heteroatoms. The van der Waals surface area contributed by atoms with Crippen LogP contribution < -0.4 is 0 Å². The second-order valence-electron chi connectivity index (χ2n) is 4.95. The van der Waals surface area contributed by atoms with Gasteiger partial charge in [0, 0.05) is 6.42 Å². The number of imide groups is 1. The lowest BCUT2D eigenvalue weighted by Crippen LogP contribution is -2.32. The molecule has 2 rings (SSSR count). The first kappa shape index (κ1) is 12.4. The van der Waals surface area contributed by atoms with Crippen LogP contribution in [0.3, 0.4) is 0 Å². The lowest BCUT2D eigenvalue weighted by molar-refractivity contribution is -0.135. The van der Waals surface area contributed by atoms with Gasteiger partial charge in [0.1, 0.15) is 0 Å². The van der Waals surface area contributed by atoms with Crippen molar-refractivity contribution >= 4 is 24.4 Å². The van der Waals surface area contributed by atoms with Crippen molar-refractivity contribution in [1.82, 2.24) is 4.90 Å². The van der Waals surface area contributed by atoms with Crippen LogP contribution in [0.25, 0.3) is 0 Å². The molecule has 2 aliphatic rings. The molecule has 3 nitrogen and oxygen atoms in total. The third kappa shape index (κ3) is 2.06. The lowest BCUT2D eigenvalue weighted by atomic mass is 9.90. The van der Waals surface area contributed by atoms with E-state index < -0.39 is 5.25 Å². The minimum absolute atomic E-state index is 0.133. The van der Waals surface area contributed by atoms with E-state index in [2.05, 4.69) is 25.6 Å². The van der Waals surface area contributed by atoms with E-state index in [0.717, 1.165) is 23.3 Å². The summed E-state index contributed by atoms with van der Waals surface area (Å²) in [6, 6.07) is 0. The van der Waals surface area contributed by atoms with Crippen LogP contribution in [0, 0.1) is 5.92 Å². The van der Waals surface area contributed by atoms with E-state index in [0.29, 0.717) is 5.92 Å². The van der Waals surface area contributed by atoms with Crippen molar-refractivity contribution in [3.8, 4) is 0 Å². The molecule has 0 aromatic carbocycles. The molecule has 1 fully saturated rings. The maximum absolute atomic E-state index is 12.0. The summed E-state index contributed by atoms with van der Waals surface area (Å²) in [5, 5.41) is -0.477. The molecule has 2 amide bonds. The summed E-state index contributed by atoms with van der Waals surface area (Å²) in [5.74, 6) is 0.153. The first-order chi connectivity index (χ1) is 7.91. The summed E-state index contributed by atoms with van der Waals surface area (Å²) < 4.78 is 0. The summed E-state index contributed by atoms with van der Waals surface area (Å²) in [4.78, 5) is 25.1. The molecule has 17 heavy (non-hydrogen) atoms. The van der Waals surface area contributed by atoms with Gasteiger partial charge in [-0.3, -0.25) is 9.59 Å². The molecule has 92 valence electrons. The third-order valence-corrected chi connectivity index (χ3v) is 3.69. The van der Waals surface area contributed by atoms with Gasteiger partial charge in [0.25, 0.3) is 0 Å². The van der Waals surface area contributed by atoms with E-state index >= 15 is 0 Å². The van der Waals surface area contributed by atoms with Crippen LogP contribution in [0.2, 0.25) is 0 Å². The Kier molecular flexibility index (Phi) is 3.17. The fraction of sp³-hybridized carbons (Fsp3) is 0.538. The average Bonchev–Trinajstić information content (AvgIpc) is 2.43. The Morgan fingerprint density at radius 1 is 1.29 bits per heavy atom. The van der Waals surface area contributed by atoms with E-state index in [-0.39, 0.29) is 18.2 Å². The number of carbonyl (C=O) groups excluding carboxylic acids is 2. The first-order valence-electron chi connectivity index (χ1n) is 5.85. The maximum Gasteiger partial charge on any atom is 0.247 e. The Bertz CT molecular complexity index is 450. The molecule has 2 atom stereocenters. The van der Waals surface area contributed by atoms with Crippen molar-refractivity contribution in [3.05, 3.63) is 22.9 Å². The summed E-state index contributed by atoms with van der Waals surface area (Å²) >= 11 is 4.15. The average molecular weight is 251 g/mol. The van der Waals surface area contributed by atoms with Gasteiger partial charge in [-0.05, 0) is 37.3 Å². The van der Waals surface area contributed by atoms with Crippen LogP contribution >= 0.6 is 12.6 Å². The van der Waals surface area contributed by atoms with E-state index in [4.69, 9.17) is 0 Å². The zero-order valence-corrected chi connectivity index (χ0v) is 11.3. The molecule has 0 N–H and O–H groups in total. The molecule has 1 saturated heterocycles. The number of rotatable bonds is 1. The zero-order valence-electron chi connectivity index (χ0n) is 10.4. The third-order valence-electron chi connectivity index (χ3n) is 3.29. The zero-order chi connectivity index (χ0) is 12.7. The van der Waals surface area contributed by atoms with Crippen molar-refractivity contribution in [2.75, 3.05) is 0 Å². The number of hydrogen-bond donors (Lipinski definition) is 1. The van der Waals surface area contributed by atoms with Crippen LogP contribution in [-0.2, 0) is 9.59 Å². The Labute approximate surface area is 107 Å². The Morgan fingerprint density at radius 3 is 2.41 bits per heavy atom. The first-order valence-corrected chi connectivity index (χ1v) is 6.37. The largest absolute Gasteiger partial charge is 0.274 e. The number of hydrogen-bond acceptors (Lipinski definition) is 3. The van der Waals surface area contributed by atoms with Gasteiger partial charge < -0.3 is 0 Å².